The molecule has 0 N–H and O–H groups in total. The van der Waals surface area contributed by atoms with E-state index in [0.717, 1.165) is 77.0 Å². The lowest BCUT2D eigenvalue weighted by atomic mass is 9.98. The molecule has 0 saturated heterocycles. The summed E-state index contributed by atoms with van der Waals surface area (Å²) in [5, 5.41) is -0.905. The summed E-state index contributed by atoms with van der Waals surface area (Å²) in [4.78, 5) is 41.0. The van der Waals surface area contributed by atoms with Crippen LogP contribution in [0.1, 0.15) is 111 Å². The van der Waals surface area contributed by atoms with Gasteiger partial charge in [-0.05, 0) is 110 Å². The molecule has 236 valence electrons. The predicted octanol–water partition coefficient (Wildman–Crippen LogP) is 5.99. The normalized spacial score (nSPS) is 22.7. The zero-order chi connectivity index (χ0) is 30.2. The Morgan fingerprint density at radius 2 is 1.10 bits per heavy atom. The van der Waals surface area contributed by atoms with Crippen molar-refractivity contribution in [3.05, 3.63) is 0 Å². The number of rotatable bonds is 16. The summed E-state index contributed by atoms with van der Waals surface area (Å²) in [6, 6.07) is 0.552. The van der Waals surface area contributed by atoms with Gasteiger partial charge in [0.1, 0.15) is 22.1 Å². The highest BCUT2D eigenvalue weighted by molar-refractivity contribution is 8.00. The van der Waals surface area contributed by atoms with Crippen molar-refractivity contribution in [2.75, 3.05) is 27.1 Å². The van der Waals surface area contributed by atoms with Crippen LogP contribution in [0.25, 0.3) is 0 Å². The number of thioether (sulfide) groups is 1. The van der Waals surface area contributed by atoms with Crippen molar-refractivity contribution in [1.82, 2.24) is 0 Å². The molecule has 0 radical (unpaired) electrons. The monoisotopic (exact) mass is 616 g/mol. The van der Waals surface area contributed by atoms with Crippen LogP contribution in [0.2, 0.25) is 6.04 Å². The third-order valence-corrected chi connectivity index (χ3v) is 13.4. The summed E-state index contributed by atoms with van der Waals surface area (Å²) in [5.74, 6) is -1.95. The van der Waals surface area contributed by atoms with E-state index >= 15 is 0 Å². The average Bonchev–Trinajstić information content (AvgIpc) is 3.67. The van der Waals surface area contributed by atoms with Crippen LogP contribution in [-0.4, -0.2) is 75.8 Å². The van der Waals surface area contributed by atoms with Crippen molar-refractivity contribution < 1.29 is 41.9 Å². The van der Waals surface area contributed by atoms with Crippen molar-refractivity contribution >= 4 is 38.5 Å². The Bertz CT molecular complexity index is 867. The van der Waals surface area contributed by atoms with Crippen LogP contribution in [-0.2, 0) is 41.9 Å². The summed E-state index contributed by atoms with van der Waals surface area (Å²) in [5.41, 5.74) is -1.69. The first-order valence-corrected chi connectivity index (χ1v) is 18.3. The van der Waals surface area contributed by atoms with E-state index in [1.54, 1.807) is 21.3 Å². The van der Waals surface area contributed by atoms with Gasteiger partial charge >= 0.3 is 26.7 Å². The minimum atomic E-state index is -2.79. The molecule has 9 nitrogen and oxygen atoms in total. The molecule has 0 aromatic heterocycles. The second-order valence-corrected chi connectivity index (χ2v) is 17.1. The van der Waals surface area contributed by atoms with Crippen LogP contribution in [0.15, 0.2) is 0 Å². The van der Waals surface area contributed by atoms with Gasteiger partial charge in [0.05, 0.1) is 12.3 Å². The Balaban J connectivity index is 1.82. The zero-order valence-electron chi connectivity index (χ0n) is 26.1. The molecule has 41 heavy (non-hydrogen) atoms. The van der Waals surface area contributed by atoms with Gasteiger partial charge < -0.3 is 27.5 Å². The summed E-state index contributed by atoms with van der Waals surface area (Å²) in [6.07, 6.45) is 11.1. The van der Waals surface area contributed by atoms with Crippen molar-refractivity contribution in [2.24, 2.45) is 5.92 Å². The number of hydrogen-bond donors (Lipinski definition) is 0. The zero-order valence-corrected chi connectivity index (χ0v) is 27.9. The average molecular weight is 617 g/mol. The molecule has 0 spiro atoms. The Morgan fingerprint density at radius 3 is 1.54 bits per heavy atom. The maximum atomic E-state index is 13.8. The molecular formula is C30H52O9SSi. The summed E-state index contributed by atoms with van der Waals surface area (Å²) in [7, 11) is 1.92. The van der Waals surface area contributed by atoms with E-state index in [1.807, 2.05) is 20.8 Å². The lowest BCUT2D eigenvalue weighted by Crippen LogP contribution is -2.44. The highest BCUT2D eigenvalue weighted by Gasteiger charge is 2.46. The largest absolute Gasteiger partial charge is 0.500 e. The molecule has 3 aliphatic carbocycles. The molecule has 2 atom stereocenters. The summed E-state index contributed by atoms with van der Waals surface area (Å²) in [6.45, 7) is 5.85. The molecule has 3 aliphatic rings. The van der Waals surface area contributed by atoms with Gasteiger partial charge in [0.25, 0.3) is 0 Å². The molecule has 11 heteroatoms. The summed E-state index contributed by atoms with van der Waals surface area (Å²) < 4.78 is 34.7. The fourth-order valence-electron chi connectivity index (χ4n) is 6.51. The van der Waals surface area contributed by atoms with Gasteiger partial charge in [0.2, 0.25) is 0 Å². The number of ether oxygens (including phenoxy) is 3. The smallest absolute Gasteiger partial charge is 0.459 e. The Kier molecular flexibility index (Phi) is 12.6. The van der Waals surface area contributed by atoms with Gasteiger partial charge in [-0.25, -0.2) is 0 Å². The number of carbonyl (C=O) groups excluding carboxylic acids is 3. The molecule has 3 rings (SSSR count). The molecular weight excluding hydrogens is 564 g/mol. The highest BCUT2D eigenvalue weighted by atomic mass is 32.2. The quantitative estimate of drug-likeness (QED) is 0.0888. The van der Waals surface area contributed by atoms with E-state index in [0.29, 0.717) is 18.2 Å². The van der Waals surface area contributed by atoms with Gasteiger partial charge in [0.15, 0.2) is 0 Å². The van der Waals surface area contributed by atoms with Gasteiger partial charge in [-0.15, -0.1) is 11.8 Å². The highest BCUT2D eigenvalue weighted by Crippen LogP contribution is 2.39. The first kappa shape index (κ1) is 34.3. The molecule has 3 fully saturated rings. The topological polar surface area (TPSA) is 107 Å². The molecule has 0 aromatic rings. The van der Waals surface area contributed by atoms with Crippen LogP contribution < -0.4 is 0 Å². The van der Waals surface area contributed by atoms with E-state index in [4.69, 9.17) is 27.5 Å². The van der Waals surface area contributed by atoms with E-state index < -0.39 is 54.7 Å². The maximum Gasteiger partial charge on any atom is 0.500 e. The van der Waals surface area contributed by atoms with E-state index in [9.17, 15) is 14.4 Å². The number of carbonyl (C=O) groups is 3. The minimum Gasteiger partial charge on any atom is -0.459 e. The first-order chi connectivity index (χ1) is 19.4. The molecule has 0 aliphatic heterocycles. The molecule has 2 unspecified atom stereocenters. The van der Waals surface area contributed by atoms with E-state index in [1.165, 1.54) is 11.8 Å². The van der Waals surface area contributed by atoms with Crippen LogP contribution in [0.3, 0.4) is 0 Å². The summed E-state index contributed by atoms with van der Waals surface area (Å²) >= 11 is 1.33. The van der Waals surface area contributed by atoms with Crippen molar-refractivity contribution in [1.29, 1.82) is 0 Å². The van der Waals surface area contributed by atoms with Crippen LogP contribution in [0, 0.1) is 5.92 Å². The van der Waals surface area contributed by atoms with Gasteiger partial charge in [-0.1, -0.05) is 0 Å². The second-order valence-electron chi connectivity index (χ2n) is 12.8. The van der Waals surface area contributed by atoms with Crippen molar-refractivity contribution in [3.8, 4) is 0 Å². The third kappa shape index (κ3) is 9.68. The fraction of sp³-hybridized carbons (Fsp3) is 0.900. The Labute approximate surface area is 251 Å². The second kappa shape index (κ2) is 15.0. The lowest BCUT2D eigenvalue weighted by molar-refractivity contribution is -0.173. The van der Waals surface area contributed by atoms with Crippen molar-refractivity contribution in [3.63, 3.8) is 0 Å². The van der Waals surface area contributed by atoms with Gasteiger partial charge in [0, 0.05) is 27.4 Å². The molecule has 0 amide bonds. The third-order valence-electron chi connectivity index (χ3n) is 9.18. The van der Waals surface area contributed by atoms with E-state index in [-0.39, 0.29) is 6.42 Å². The maximum absolute atomic E-state index is 13.8. The number of hydrogen-bond acceptors (Lipinski definition) is 10. The van der Waals surface area contributed by atoms with E-state index in [2.05, 4.69) is 0 Å². The predicted molar refractivity (Wildman–Crippen MR) is 159 cm³/mol. The van der Waals surface area contributed by atoms with Gasteiger partial charge in [-0.3, -0.25) is 14.4 Å². The van der Waals surface area contributed by atoms with Crippen LogP contribution in [0.5, 0.6) is 0 Å². The SMILES string of the molecule is CO[Si](CCCSC(C(=O)OC1(C)CCCC1)C(CC(=O)OC1(C)CCCC1)C(=O)OC1(C)CCCC1)(OC)OC. The number of esters is 3. The fourth-order valence-corrected chi connectivity index (χ4v) is 9.68. The Morgan fingerprint density at radius 1 is 0.683 bits per heavy atom. The van der Waals surface area contributed by atoms with Crippen molar-refractivity contribution in [2.45, 2.75) is 139 Å². The molecule has 3 saturated carbocycles. The lowest BCUT2D eigenvalue weighted by Gasteiger charge is -2.33. The Hall–Kier alpha value is -1.14. The van der Waals surface area contributed by atoms with Gasteiger partial charge in [-0.2, -0.15) is 0 Å². The molecule has 0 heterocycles. The first-order valence-electron chi connectivity index (χ1n) is 15.3. The standard InChI is InChI=1S/C30H52O9SSi/c1-28(14-7-8-15-28)37-24(31)22-23(26(32)38-29(2)16-9-10-17-29)25(27(33)39-30(3)18-11-12-19-30)40-20-13-21-41(34-4,35-5)36-6/h23,25H,7-22H2,1-6H3. The van der Waals surface area contributed by atoms with Crippen LogP contribution >= 0.6 is 11.8 Å². The minimum absolute atomic E-state index is 0.221. The van der Waals surface area contributed by atoms with Crippen LogP contribution in [0.4, 0.5) is 0 Å². The molecule has 0 bridgehead atoms. The molecule has 0 aromatic carbocycles.